The Labute approximate surface area is 160 Å². The smallest absolute Gasteiger partial charge is 0.404 e. The van der Waals surface area contributed by atoms with Crippen LogP contribution in [0.5, 0.6) is 5.75 Å². The topological polar surface area (TPSA) is 63.7 Å². The Morgan fingerprint density at radius 3 is 2.14 bits per heavy atom. The number of nitrogens with zero attached hydrogens (tertiary/aromatic N) is 1. The number of ether oxygens (including phenoxy) is 1. The van der Waals surface area contributed by atoms with Crippen LogP contribution in [-0.4, -0.2) is 38.0 Å². The highest BCUT2D eigenvalue weighted by atomic mass is 32.2. The number of sulfonamides is 1. The van der Waals surface area contributed by atoms with Crippen molar-refractivity contribution in [2.45, 2.75) is 24.1 Å². The van der Waals surface area contributed by atoms with Crippen molar-refractivity contribution in [3.63, 3.8) is 0 Å². The Bertz CT molecular complexity index is 937. The molecule has 9 heteroatoms. The highest BCUT2D eigenvalue weighted by molar-refractivity contribution is 7.89. The summed E-state index contributed by atoms with van der Waals surface area (Å²) in [4.78, 5) is 12.0. The van der Waals surface area contributed by atoms with Gasteiger partial charge in [-0.25, -0.2) is 8.42 Å². The molecule has 1 aliphatic rings. The molecule has 3 rings (SSSR count). The third-order valence-corrected chi connectivity index (χ3v) is 6.51. The highest BCUT2D eigenvalue weighted by Gasteiger charge is 2.37. The number of carbonyl (C=O) groups is 1. The van der Waals surface area contributed by atoms with Crippen LogP contribution >= 0.6 is 0 Å². The molecule has 0 saturated carbocycles. The first-order valence-corrected chi connectivity index (χ1v) is 10.1. The number of alkyl halides is 3. The number of Topliss-reactive ketones (excluding diaryl/α,β-unsaturated/α-hetero) is 1. The maximum Gasteiger partial charge on any atom is 0.573 e. The molecule has 1 fully saturated rings. The van der Waals surface area contributed by atoms with Crippen molar-refractivity contribution in [2.75, 3.05) is 13.1 Å². The van der Waals surface area contributed by atoms with Crippen LogP contribution < -0.4 is 4.74 Å². The molecule has 2 aromatic rings. The zero-order valence-corrected chi connectivity index (χ0v) is 15.5. The molecule has 2 aromatic carbocycles. The van der Waals surface area contributed by atoms with E-state index in [0.717, 1.165) is 16.4 Å². The van der Waals surface area contributed by atoms with Gasteiger partial charge in [-0.2, -0.15) is 4.31 Å². The lowest BCUT2D eigenvalue weighted by molar-refractivity contribution is -0.275. The van der Waals surface area contributed by atoms with Gasteiger partial charge in [0.2, 0.25) is 10.0 Å². The summed E-state index contributed by atoms with van der Waals surface area (Å²) in [5.41, 5.74) is 0.563. The van der Waals surface area contributed by atoms with E-state index in [-0.39, 0.29) is 24.8 Å². The molecule has 150 valence electrons. The molecule has 1 saturated heterocycles. The van der Waals surface area contributed by atoms with E-state index in [1.165, 1.54) is 12.1 Å². The van der Waals surface area contributed by atoms with Crippen molar-refractivity contribution in [1.82, 2.24) is 4.31 Å². The molecule has 1 heterocycles. The Hall–Kier alpha value is -2.39. The number of piperidine rings is 1. The number of hydrogen-bond acceptors (Lipinski definition) is 4. The number of carbonyl (C=O) groups excluding carboxylic acids is 1. The summed E-state index contributed by atoms with van der Waals surface area (Å²) in [6.45, 7) is 0.0951. The van der Waals surface area contributed by atoms with E-state index in [4.69, 9.17) is 0 Å². The molecule has 0 atom stereocenters. The van der Waals surface area contributed by atoms with E-state index in [9.17, 15) is 26.4 Å². The highest BCUT2D eigenvalue weighted by Crippen LogP contribution is 2.33. The molecule has 0 bridgehead atoms. The number of para-hydroxylation sites is 1. The summed E-state index contributed by atoms with van der Waals surface area (Å²) in [6, 6.07) is 13.4. The second-order valence-electron chi connectivity index (χ2n) is 6.40. The largest absolute Gasteiger partial charge is 0.573 e. The fraction of sp³-hybridized carbons (Fsp3) is 0.316. The van der Waals surface area contributed by atoms with Crippen molar-refractivity contribution in [2.24, 2.45) is 5.92 Å². The molecule has 0 aliphatic carbocycles. The lowest BCUT2D eigenvalue weighted by Gasteiger charge is -2.31. The van der Waals surface area contributed by atoms with Gasteiger partial charge < -0.3 is 4.74 Å². The number of hydrogen-bond donors (Lipinski definition) is 0. The van der Waals surface area contributed by atoms with Gasteiger partial charge in [0.25, 0.3) is 0 Å². The Balaban J connectivity index is 1.75. The average Bonchev–Trinajstić information content (AvgIpc) is 2.67. The van der Waals surface area contributed by atoms with Gasteiger partial charge in [0.15, 0.2) is 5.78 Å². The van der Waals surface area contributed by atoms with Crippen LogP contribution in [0.25, 0.3) is 0 Å². The van der Waals surface area contributed by atoms with Crippen LogP contribution in [0.3, 0.4) is 0 Å². The summed E-state index contributed by atoms with van der Waals surface area (Å²) >= 11 is 0. The summed E-state index contributed by atoms with van der Waals surface area (Å²) in [7, 11) is -4.18. The quantitative estimate of drug-likeness (QED) is 0.698. The van der Waals surface area contributed by atoms with Crippen molar-refractivity contribution in [3.8, 4) is 5.75 Å². The average molecular weight is 413 g/mol. The van der Waals surface area contributed by atoms with Gasteiger partial charge in [-0.1, -0.05) is 42.5 Å². The zero-order valence-electron chi connectivity index (χ0n) is 14.7. The molecule has 0 unspecified atom stereocenters. The SMILES string of the molecule is O=C(c1ccccc1)C1CCN(S(=O)(=O)c2ccccc2OC(F)(F)F)CC1. The maximum absolute atomic E-state index is 12.8. The van der Waals surface area contributed by atoms with Crippen molar-refractivity contribution in [3.05, 3.63) is 60.2 Å². The standard InChI is InChI=1S/C19H18F3NO4S/c20-19(21,22)27-16-8-4-5-9-17(16)28(25,26)23-12-10-15(11-13-23)18(24)14-6-2-1-3-7-14/h1-9,15H,10-13H2. The van der Waals surface area contributed by atoms with Crippen LogP contribution in [0.15, 0.2) is 59.5 Å². The first-order valence-electron chi connectivity index (χ1n) is 8.63. The van der Waals surface area contributed by atoms with E-state index < -0.39 is 27.0 Å². The van der Waals surface area contributed by atoms with Gasteiger partial charge in [0.05, 0.1) is 0 Å². The number of ketones is 1. The van der Waals surface area contributed by atoms with Gasteiger partial charge in [-0.05, 0) is 25.0 Å². The van der Waals surface area contributed by atoms with Crippen molar-refractivity contribution >= 4 is 15.8 Å². The van der Waals surface area contributed by atoms with E-state index in [1.807, 2.05) is 0 Å². The minimum absolute atomic E-state index is 0.0475. The molecule has 0 amide bonds. The Morgan fingerprint density at radius 1 is 0.964 bits per heavy atom. The third-order valence-electron chi connectivity index (χ3n) is 4.58. The maximum atomic E-state index is 12.8. The molecule has 28 heavy (non-hydrogen) atoms. The zero-order chi connectivity index (χ0) is 20.4. The molecule has 0 N–H and O–H groups in total. The second kappa shape index (κ2) is 7.92. The monoisotopic (exact) mass is 413 g/mol. The summed E-state index contributed by atoms with van der Waals surface area (Å²) in [5, 5.41) is 0. The molecular formula is C19H18F3NO4S. The normalized spacial score (nSPS) is 16.7. The predicted molar refractivity (Wildman–Crippen MR) is 95.4 cm³/mol. The second-order valence-corrected chi connectivity index (χ2v) is 8.31. The third kappa shape index (κ3) is 4.53. The van der Waals surface area contributed by atoms with Crippen molar-refractivity contribution < 1.29 is 31.1 Å². The number of benzene rings is 2. The minimum Gasteiger partial charge on any atom is -0.404 e. The first-order chi connectivity index (χ1) is 13.2. The van der Waals surface area contributed by atoms with Crippen LogP contribution in [0.4, 0.5) is 13.2 Å². The number of halogens is 3. The van der Waals surface area contributed by atoms with Gasteiger partial charge in [-0.15, -0.1) is 13.2 Å². The summed E-state index contributed by atoms with van der Waals surface area (Å²) < 4.78 is 68.4. The molecule has 0 aromatic heterocycles. The van der Waals surface area contributed by atoms with Gasteiger partial charge >= 0.3 is 6.36 Å². The Kier molecular flexibility index (Phi) is 5.76. The first kappa shape index (κ1) is 20.3. The van der Waals surface area contributed by atoms with E-state index in [1.54, 1.807) is 30.3 Å². The Morgan fingerprint density at radius 2 is 1.54 bits per heavy atom. The summed E-state index contributed by atoms with van der Waals surface area (Å²) in [5.74, 6) is -1.15. The minimum atomic E-state index is -5.00. The predicted octanol–water partition coefficient (Wildman–Crippen LogP) is 3.87. The molecule has 0 radical (unpaired) electrons. The fourth-order valence-electron chi connectivity index (χ4n) is 3.21. The van der Waals surface area contributed by atoms with E-state index >= 15 is 0 Å². The molecule has 5 nitrogen and oxygen atoms in total. The van der Waals surface area contributed by atoms with Crippen LogP contribution in [0.1, 0.15) is 23.2 Å². The van der Waals surface area contributed by atoms with Crippen LogP contribution in [0.2, 0.25) is 0 Å². The molecule has 0 spiro atoms. The van der Waals surface area contributed by atoms with Gasteiger partial charge in [0.1, 0.15) is 10.6 Å². The van der Waals surface area contributed by atoms with E-state index in [0.29, 0.717) is 18.4 Å². The van der Waals surface area contributed by atoms with Crippen LogP contribution in [0, 0.1) is 5.92 Å². The van der Waals surface area contributed by atoms with Gasteiger partial charge in [0, 0.05) is 24.6 Å². The number of rotatable bonds is 5. The lowest BCUT2D eigenvalue weighted by atomic mass is 9.90. The molecule has 1 aliphatic heterocycles. The molecular weight excluding hydrogens is 395 g/mol. The van der Waals surface area contributed by atoms with Crippen LogP contribution in [-0.2, 0) is 10.0 Å². The fourth-order valence-corrected chi connectivity index (χ4v) is 4.79. The van der Waals surface area contributed by atoms with Gasteiger partial charge in [-0.3, -0.25) is 4.79 Å². The van der Waals surface area contributed by atoms with Crippen molar-refractivity contribution in [1.29, 1.82) is 0 Å². The van der Waals surface area contributed by atoms with E-state index in [2.05, 4.69) is 4.74 Å². The summed E-state index contributed by atoms with van der Waals surface area (Å²) in [6.07, 6.45) is -4.40. The lowest BCUT2D eigenvalue weighted by Crippen LogP contribution is -2.40.